The maximum Gasteiger partial charge on any atom is 0.317 e. The molecule has 1 amide bonds. The summed E-state index contributed by atoms with van der Waals surface area (Å²) in [5.41, 5.74) is 3.15. The molecular formula is C21H20N6O3. The van der Waals surface area contributed by atoms with Crippen molar-refractivity contribution < 1.29 is 13.9 Å². The lowest BCUT2D eigenvalue weighted by molar-refractivity contribution is -0.116. The van der Waals surface area contributed by atoms with E-state index in [-0.39, 0.29) is 18.0 Å². The van der Waals surface area contributed by atoms with Gasteiger partial charge in [-0.1, -0.05) is 53.6 Å². The van der Waals surface area contributed by atoms with E-state index in [1.807, 2.05) is 54.6 Å². The lowest BCUT2D eigenvalue weighted by atomic mass is 10.0. The van der Waals surface area contributed by atoms with Crippen LogP contribution in [0.1, 0.15) is 23.1 Å². The normalized spacial score (nSPS) is 21.2. The quantitative estimate of drug-likeness (QED) is 0.609. The molecule has 3 N–H and O–H groups in total. The van der Waals surface area contributed by atoms with Crippen LogP contribution in [0, 0.1) is 0 Å². The van der Waals surface area contributed by atoms with Crippen molar-refractivity contribution in [1.82, 2.24) is 15.5 Å². The molecule has 3 heterocycles. The number of nitrogens with one attached hydrogen (secondary N) is 3. The van der Waals surface area contributed by atoms with Crippen molar-refractivity contribution in [3.63, 3.8) is 0 Å². The second-order valence-electron chi connectivity index (χ2n) is 6.95. The van der Waals surface area contributed by atoms with Crippen LogP contribution in [0.25, 0.3) is 0 Å². The molecule has 2 atom stereocenters. The molecule has 0 aliphatic carbocycles. The summed E-state index contributed by atoms with van der Waals surface area (Å²) < 4.78 is 11.1. The molecule has 1 saturated heterocycles. The number of carbonyl (C=O) groups excluding carboxylic acids is 1. The van der Waals surface area contributed by atoms with Crippen LogP contribution in [0.4, 0.5) is 11.7 Å². The predicted molar refractivity (Wildman–Crippen MR) is 110 cm³/mol. The van der Waals surface area contributed by atoms with Crippen molar-refractivity contribution in [2.75, 3.05) is 30.4 Å². The fraction of sp³-hybridized carbons (Fsp3) is 0.238. The number of morpholine rings is 1. The van der Waals surface area contributed by atoms with Crippen LogP contribution in [-0.4, -0.2) is 47.7 Å². The first-order valence-electron chi connectivity index (χ1n) is 9.72. The number of amides is 1. The van der Waals surface area contributed by atoms with E-state index >= 15 is 0 Å². The minimum atomic E-state index is -0.934. The Bertz CT molecular complexity index is 1080. The molecule has 0 radical (unpaired) electrons. The second kappa shape index (κ2) is 8.05. The Labute approximate surface area is 172 Å². The number of aliphatic imine (C=N–C) groups is 1. The van der Waals surface area contributed by atoms with Crippen molar-refractivity contribution in [2.45, 2.75) is 12.2 Å². The number of hydrogen-bond acceptors (Lipinski definition) is 8. The minimum absolute atomic E-state index is 0.125. The summed E-state index contributed by atoms with van der Waals surface area (Å²) >= 11 is 0. The number of benzodiazepines with no additional fused rings is 1. The number of rotatable bonds is 4. The van der Waals surface area contributed by atoms with E-state index in [2.05, 4.69) is 26.1 Å². The van der Waals surface area contributed by atoms with Crippen molar-refractivity contribution in [1.29, 1.82) is 0 Å². The van der Waals surface area contributed by atoms with E-state index in [1.165, 1.54) is 0 Å². The zero-order chi connectivity index (χ0) is 20.3. The maximum absolute atomic E-state index is 12.9. The van der Waals surface area contributed by atoms with Gasteiger partial charge >= 0.3 is 6.01 Å². The van der Waals surface area contributed by atoms with Crippen LogP contribution in [0.15, 0.2) is 64.0 Å². The summed E-state index contributed by atoms with van der Waals surface area (Å²) in [5.74, 6) is 0.0917. The monoisotopic (exact) mass is 404 g/mol. The molecule has 0 spiro atoms. The van der Waals surface area contributed by atoms with Crippen molar-refractivity contribution >= 4 is 23.3 Å². The smallest absolute Gasteiger partial charge is 0.317 e. The molecule has 5 rings (SSSR count). The Morgan fingerprint density at radius 3 is 2.70 bits per heavy atom. The van der Waals surface area contributed by atoms with Gasteiger partial charge in [0.1, 0.15) is 6.04 Å². The van der Waals surface area contributed by atoms with Crippen LogP contribution in [0.5, 0.6) is 0 Å². The third kappa shape index (κ3) is 3.68. The molecule has 2 aliphatic rings. The van der Waals surface area contributed by atoms with Gasteiger partial charge in [-0.15, -0.1) is 5.10 Å². The van der Waals surface area contributed by atoms with E-state index < -0.39 is 6.17 Å². The third-order valence-corrected chi connectivity index (χ3v) is 4.91. The number of hydrogen-bond donors (Lipinski definition) is 3. The zero-order valence-electron chi connectivity index (χ0n) is 16.0. The summed E-state index contributed by atoms with van der Waals surface area (Å²) in [4.78, 5) is 17.6. The largest absolute Gasteiger partial charge is 0.406 e. The third-order valence-electron chi connectivity index (χ3n) is 4.91. The van der Waals surface area contributed by atoms with Gasteiger partial charge in [-0.05, 0) is 6.07 Å². The zero-order valence-corrected chi connectivity index (χ0v) is 16.0. The lowest BCUT2D eigenvalue weighted by Gasteiger charge is -2.20. The standard InChI is InChI=1S/C21H20N6O3/c28-19-18(25-21-27-26-20(30-21)16-12-29-11-10-22-16)24-17(13-6-2-1-3-7-13)14-8-4-5-9-15(14)23-19/h1-9,16,18,22H,10-12H2,(H,23,28)(H,25,27)/t16-,18+/m0/s1. The van der Waals surface area contributed by atoms with Gasteiger partial charge in [-0.2, -0.15) is 0 Å². The van der Waals surface area contributed by atoms with E-state index in [0.29, 0.717) is 37.0 Å². The molecule has 2 aromatic carbocycles. The molecule has 2 aliphatic heterocycles. The van der Waals surface area contributed by atoms with E-state index in [9.17, 15) is 4.79 Å². The molecular weight excluding hydrogens is 384 g/mol. The second-order valence-corrected chi connectivity index (χ2v) is 6.95. The molecule has 0 unspecified atom stereocenters. The summed E-state index contributed by atoms with van der Waals surface area (Å²) in [6.45, 7) is 1.82. The van der Waals surface area contributed by atoms with Gasteiger partial charge in [-0.25, -0.2) is 4.99 Å². The number of anilines is 2. The highest BCUT2D eigenvalue weighted by atomic mass is 16.5. The highest BCUT2D eigenvalue weighted by molar-refractivity contribution is 6.19. The molecule has 0 saturated carbocycles. The van der Waals surface area contributed by atoms with E-state index in [4.69, 9.17) is 14.1 Å². The molecule has 1 fully saturated rings. The highest BCUT2D eigenvalue weighted by Gasteiger charge is 2.28. The average molecular weight is 404 g/mol. The van der Waals surface area contributed by atoms with Gasteiger partial charge < -0.3 is 25.1 Å². The van der Waals surface area contributed by atoms with E-state index in [0.717, 1.165) is 11.1 Å². The number of benzene rings is 2. The summed E-state index contributed by atoms with van der Waals surface area (Å²) in [6, 6.07) is 17.3. The molecule has 9 heteroatoms. The Morgan fingerprint density at radius 2 is 1.87 bits per heavy atom. The van der Waals surface area contributed by atoms with Gasteiger partial charge in [0.15, 0.2) is 0 Å². The van der Waals surface area contributed by atoms with Gasteiger partial charge in [0.2, 0.25) is 12.1 Å². The summed E-state index contributed by atoms with van der Waals surface area (Å²) in [5, 5.41) is 17.2. The number of ether oxygens (including phenoxy) is 1. The topological polar surface area (TPSA) is 114 Å². The average Bonchev–Trinajstić information content (AvgIpc) is 3.21. The molecule has 152 valence electrons. The Balaban J connectivity index is 1.46. The van der Waals surface area contributed by atoms with Crippen LogP contribution in [0.2, 0.25) is 0 Å². The fourth-order valence-corrected chi connectivity index (χ4v) is 3.46. The first-order valence-corrected chi connectivity index (χ1v) is 9.72. The predicted octanol–water partition coefficient (Wildman–Crippen LogP) is 1.96. The van der Waals surface area contributed by atoms with E-state index in [1.54, 1.807) is 0 Å². The number of carbonyl (C=O) groups is 1. The molecule has 3 aromatic rings. The van der Waals surface area contributed by atoms with Crippen molar-refractivity contribution in [3.05, 3.63) is 71.6 Å². The van der Waals surface area contributed by atoms with Gasteiger partial charge in [0.05, 0.1) is 24.6 Å². The van der Waals surface area contributed by atoms with Crippen LogP contribution in [-0.2, 0) is 9.53 Å². The minimum Gasteiger partial charge on any atom is -0.406 e. The molecule has 1 aromatic heterocycles. The van der Waals surface area contributed by atoms with Crippen molar-refractivity contribution in [3.8, 4) is 0 Å². The Kier molecular flexibility index (Phi) is 4.96. The van der Waals surface area contributed by atoms with Gasteiger partial charge in [-0.3, -0.25) is 4.79 Å². The van der Waals surface area contributed by atoms with Crippen LogP contribution in [0.3, 0.4) is 0 Å². The van der Waals surface area contributed by atoms with Crippen LogP contribution >= 0.6 is 0 Å². The summed E-state index contributed by atoms with van der Waals surface area (Å²) in [6.07, 6.45) is -0.934. The molecule has 9 nitrogen and oxygen atoms in total. The number of fused-ring (bicyclic) bond motifs is 1. The van der Waals surface area contributed by atoms with Crippen LogP contribution < -0.4 is 16.0 Å². The number of para-hydroxylation sites is 1. The van der Waals surface area contributed by atoms with Gasteiger partial charge in [0.25, 0.3) is 5.91 Å². The lowest BCUT2D eigenvalue weighted by Crippen LogP contribution is -2.34. The Morgan fingerprint density at radius 1 is 1.03 bits per heavy atom. The first kappa shape index (κ1) is 18.5. The number of aromatic nitrogens is 2. The Hall–Kier alpha value is -3.56. The SMILES string of the molecule is O=C1Nc2ccccc2C(c2ccccc2)=N[C@@H]1Nc1nnc([C@@H]2COCCN2)o1. The maximum atomic E-state index is 12.9. The van der Waals surface area contributed by atoms with Gasteiger partial charge in [0, 0.05) is 17.7 Å². The summed E-state index contributed by atoms with van der Waals surface area (Å²) in [7, 11) is 0. The number of nitrogens with zero attached hydrogens (tertiary/aromatic N) is 3. The first-order chi connectivity index (χ1) is 14.8. The molecule has 0 bridgehead atoms. The molecule has 30 heavy (non-hydrogen) atoms. The fourth-order valence-electron chi connectivity index (χ4n) is 3.46. The highest BCUT2D eigenvalue weighted by Crippen LogP contribution is 2.25. The van der Waals surface area contributed by atoms with Crippen molar-refractivity contribution in [2.24, 2.45) is 4.99 Å².